The molecule has 0 bridgehead atoms. The van der Waals surface area contributed by atoms with Gasteiger partial charge in [0.2, 0.25) is 5.91 Å². The maximum Gasteiger partial charge on any atom is 0.291 e. The zero-order valence-electron chi connectivity index (χ0n) is 29.6. The highest BCUT2D eigenvalue weighted by Gasteiger charge is 2.27. The molecule has 2 saturated heterocycles. The molecule has 0 radical (unpaired) electrons. The van der Waals surface area contributed by atoms with Crippen LogP contribution in [0.5, 0.6) is 5.75 Å². The van der Waals surface area contributed by atoms with Crippen LogP contribution in [0.25, 0.3) is 22.4 Å². The Hall–Kier alpha value is -4.00. The number of rotatable bonds is 12. The second-order valence-corrected chi connectivity index (χ2v) is 14.6. The average Bonchev–Trinajstić information content (AvgIpc) is 3.73. The summed E-state index contributed by atoms with van der Waals surface area (Å²) >= 11 is 14.0. The second kappa shape index (κ2) is 16.3. The first-order chi connectivity index (χ1) is 25.3. The number of aromatic nitrogens is 3. The smallest absolute Gasteiger partial charge is 0.291 e. The lowest BCUT2D eigenvalue weighted by Gasteiger charge is -2.29. The van der Waals surface area contributed by atoms with Crippen LogP contribution in [0.1, 0.15) is 59.7 Å². The lowest BCUT2D eigenvalue weighted by Crippen LogP contribution is -2.35. The summed E-state index contributed by atoms with van der Waals surface area (Å²) in [5.74, 6) is 1.56. The minimum atomic E-state index is -0.319. The van der Waals surface area contributed by atoms with Crippen LogP contribution in [-0.4, -0.2) is 77.2 Å². The molecule has 0 saturated carbocycles. The lowest BCUT2D eigenvalue weighted by atomic mass is 9.96. The van der Waals surface area contributed by atoms with Gasteiger partial charge in [0.1, 0.15) is 5.75 Å². The highest BCUT2D eigenvalue weighted by molar-refractivity contribution is 6.39. The summed E-state index contributed by atoms with van der Waals surface area (Å²) in [4.78, 5) is 37.0. The van der Waals surface area contributed by atoms with Crippen molar-refractivity contribution in [3.05, 3.63) is 81.5 Å². The minimum absolute atomic E-state index is 0.101. The number of anilines is 1. The summed E-state index contributed by atoms with van der Waals surface area (Å²) in [5, 5.41) is 10.2. The van der Waals surface area contributed by atoms with Crippen LogP contribution in [0.15, 0.2) is 48.7 Å². The predicted octanol–water partition coefficient (Wildman–Crippen LogP) is 6.26. The molecule has 4 aromatic rings. The van der Waals surface area contributed by atoms with Crippen LogP contribution < -0.4 is 20.7 Å². The van der Waals surface area contributed by atoms with Crippen LogP contribution in [0.2, 0.25) is 10.0 Å². The maximum absolute atomic E-state index is 13.7. The molecule has 2 aromatic heterocycles. The molecule has 7 rings (SSSR count). The molecule has 2 aromatic carbocycles. The number of nitrogens with zero attached hydrogens (tertiary/aromatic N) is 4. The topological polar surface area (TPSA) is 123 Å². The molecule has 1 atom stereocenters. The van der Waals surface area contributed by atoms with E-state index in [0.717, 1.165) is 87.0 Å². The molecule has 11 nitrogen and oxygen atoms in total. The zero-order chi connectivity index (χ0) is 36.2. The Morgan fingerprint density at radius 1 is 1.08 bits per heavy atom. The van der Waals surface area contributed by atoms with Gasteiger partial charge in [-0.05, 0) is 56.3 Å². The van der Waals surface area contributed by atoms with Gasteiger partial charge >= 0.3 is 0 Å². The Balaban J connectivity index is 1.04. The van der Waals surface area contributed by atoms with E-state index in [1.807, 2.05) is 48.0 Å². The minimum Gasteiger partial charge on any atom is -0.496 e. The summed E-state index contributed by atoms with van der Waals surface area (Å²) in [6.07, 6.45) is 7.40. The van der Waals surface area contributed by atoms with Crippen LogP contribution >= 0.6 is 23.2 Å². The molecule has 5 heterocycles. The quantitative estimate of drug-likeness (QED) is 0.155. The number of benzene rings is 2. The Morgan fingerprint density at radius 2 is 1.90 bits per heavy atom. The number of pyridine rings is 1. The number of carbonyl (C=O) groups excluding carboxylic acids is 2. The maximum atomic E-state index is 13.7. The Kier molecular flexibility index (Phi) is 11.4. The van der Waals surface area contributed by atoms with Crippen LogP contribution in [0, 0.1) is 5.92 Å². The molecule has 2 fully saturated rings. The van der Waals surface area contributed by atoms with Gasteiger partial charge in [-0.15, -0.1) is 0 Å². The van der Waals surface area contributed by atoms with Crippen molar-refractivity contribution in [1.82, 2.24) is 30.1 Å². The van der Waals surface area contributed by atoms with Crippen molar-refractivity contribution in [1.29, 1.82) is 0 Å². The van der Waals surface area contributed by atoms with Crippen molar-refractivity contribution >= 4 is 40.7 Å². The highest BCUT2D eigenvalue weighted by atomic mass is 35.5. The zero-order valence-corrected chi connectivity index (χ0v) is 31.2. The van der Waals surface area contributed by atoms with Crippen molar-refractivity contribution in [2.45, 2.75) is 57.7 Å². The van der Waals surface area contributed by atoms with E-state index in [9.17, 15) is 9.59 Å². The first-order valence-corrected chi connectivity index (χ1v) is 18.8. The molecule has 0 spiro atoms. The number of amides is 2. The van der Waals surface area contributed by atoms with E-state index in [4.69, 9.17) is 37.7 Å². The fourth-order valence-electron chi connectivity index (χ4n) is 7.49. The molecule has 3 aliphatic rings. The van der Waals surface area contributed by atoms with Gasteiger partial charge in [-0.1, -0.05) is 47.5 Å². The highest BCUT2D eigenvalue weighted by Crippen LogP contribution is 2.41. The summed E-state index contributed by atoms with van der Waals surface area (Å²) in [5.41, 5.74) is 6.22. The number of methoxy groups -OCH3 is 1. The molecule has 2 amide bonds. The number of halogens is 2. The third-order valence-electron chi connectivity index (χ3n) is 10.5. The van der Waals surface area contributed by atoms with Crippen LogP contribution in [0.4, 0.5) is 5.69 Å². The summed E-state index contributed by atoms with van der Waals surface area (Å²) < 4.78 is 13.2. The number of hydrogen-bond donors (Lipinski definition) is 3. The third kappa shape index (κ3) is 7.99. The fraction of sp³-hybridized carbons (Fsp3) is 0.436. The van der Waals surface area contributed by atoms with Gasteiger partial charge in [0.25, 0.3) is 5.91 Å². The van der Waals surface area contributed by atoms with E-state index in [0.29, 0.717) is 63.6 Å². The van der Waals surface area contributed by atoms with Gasteiger partial charge in [0, 0.05) is 99.5 Å². The van der Waals surface area contributed by atoms with Crippen molar-refractivity contribution in [3.63, 3.8) is 0 Å². The van der Waals surface area contributed by atoms with E-state index < -0.39 is 0 Å². The van der Waals surface area contributed by atoms with Gasteiger partial charge in [-0.3, -0.25) is 19.5 Å². The summed E-state index contributed by atoms with van der Waals surface area (Å²) in [6, 6.07) is 13.3. The number of carbonyl (C=O) groups is 2. The van der Waals surface area contributed by atoms with Gasteiger partial charge in [0.05, 0.1) is 34.2 Å². The van der Waals surface area contributed by atoms with Gasteiger partial charge in [0.15, 0.2) is 5.82 Å². The van der Waals surface area contributed by atoms with E-state index in [1.54, 1.807) is 19.4 Å². The molecule has 13 heteroatoms. The number of imidazole rings is 1. The Morgan fingerprint density at radius 3 is 2.69 bits per heavy atom. The second-order valence-electron chi connectivity index (χ2n) is 13.9. The lowest BCUT2D eigenvalue weighted by molar-refractivity contribution is -0.119. The normalized spacial score (nSPS) is 17.9. The van der Waals surface area contributed by atoms with Crippen molar-refractivity contribution in [2.24, 2.45) is 13.0 Å². The third-order valence-corrected chi connectivity index (χ3v) is 11.3. The monoisotopic (exact) mass is 745 g/mol. The van der Waals surface area contributed by atoms with Crippen molar-refractivity contribution < 1.29 is 19.1 Å². The molecule has 3 aliphatic heterocycles. The Labute approximate surface area is 314 Å². The van der Waals surface area contributed by atoms with E-state index in [-0.39, 0.29) is 17.9 Å². The first-order valence-electron chi connectivity index (χ1n) is 18.1. The molecule has 0 unspecified atom stereocenters. The number of ether oxygens (including phenoxy) is 2. The summed E-state index contributed by atoms with van der Waals surface area (Å²) in [6.45, 7) is 5.73. The summed E-state index contributed by atoms with van der Waals surface area (Å²) in [7, 11) is 3.54. The van der Waals surface area contributed by atoms with Gasteiger partial charge < -0.3 is 30.0 Å². The van der Waals surface area contributed by atoms with Crippen LogP contribution in [0.3, 0.4) is 0 Å². The van der Waals surface area contributed by atoms with Crippen molar-refractivity contribution in [2.75, 3.05) is 45.3 Å². The molecular weight excluding hydrogens is 701 g/mol. The molecule has 0 aliphatic carbocycles. The van der Waals surface area contributed by atoms with E-state index >= 15 is 0 Å². The SMILES string of the molecule is COc1cc(-c2nccc(-c3cccc(NC(=O)c4nc5c(n4C)CCN(CCC4CCOCC4)C5)c3Cl)c2Cl)ccc1CNC[C@H]1CCC(=O)N1. The van der Waals surface area contributed by atoms with Crippen LogP contribution in [-0.2, 0) is 36.1 Å². The molecular formula is C39H45Cl2N7O4. The number of nitrogens with one attached hydrogen (secondary N) is 3. The van der Waals surface area contributed by atoms with E-state index in [2.05, 4.69) is 25.8 Å². The predicted molar refractivity (Wildman–Crippen MR) is 203 cm³/mol. The molecule has 52 heavy (non-hydrogen) atoms. The van der Waals surface area contributed by atoms with Gasteiger partial charge in [-0.25, -0.2) is 4.98 Å². The van der Waals surface area contributed by atoms with Crippen molar-refractivity contribution in [3.8, 4) is 28.1 Å². The number of fused-ring (bicyclic) bond motifs is 1. The number of hydrogen-bond acceptors (Lipinski definition) is 8. The molecule has 3 N–H and O–H groups in total. The molecule has 274 valence electrons. The Bertz CT molecular complexity index is 1940. The average molecular weight is 747 g/mol. The fourth-order valence-corrected chi connectivity index (χ4v) is 8.09. The standard InChI is InChI=1S/C39H45Cl2N7O4/c1-47-32-12-17-48(16-11-24-13-18-52-19-14-24)23-31(32)45-38(47)39(50)46-30-5-3-4-28(35(30)40)29-10-15-43-37(36(29)41)25-6-7-26(33(20-25)51-2)21-42-22-27-8-9-34(49)44-27/h3-7,10,15,20,24,27,42H,8-9,11-14,16-19,21-23H2,1-2H3,(H,44,49)(H,46,50)/t27-/m1/s1. The van der Waals surface area contributed by atoms with Gasteiger partial charge in [-0.2, -0.15) is 0 Å². The first kappa shape index (κ1) is 36.4. The largest absolute Gasteiger partial charge is 0.496 e. The van der Waals surface area contributed by atoms with E-state index in [1.165, 1.54) is 6.42 Å².